The Morgan fingerprint density at radius 3 is 2.80 bits per heavy atom. The van der Waals surface area contributed by atoms with Crippen LogP contribution in [0.3, 0.4) is 0 Å². The smallest absolute Gasteiger partial charge is 0.179 e. The molecule has 1 atom stereocenters. The van der Waals surface area contributed by atoms with Crippen molar-refractivity contribution in [3.63, 3.8) is 0 Å². The first kappa shape index (κ1) is 14.0. The average Bonchev–Trinajstić information content (AvgIpc) is 3.30. The van der Waals surface area contributed by atoms with Crippen LogP contribution in [0.15, 0.2) is 12.1 Å². The summed E-state index contributed by atoms with van der Waals surface area (Å²) in [7, 11) is 1.65. The van der Waals surface area contributed by atoms with Gasteiger partial charge in [0.1, 0.15) is 0 Å². The van der Waals surface area contributed by atoms with Gasteiger partial charge in [-0.3, -0.25) is 0 Å². The van der Waals surface area contributed by atoms with E-state index in [9.17, 15) is 0 Å². The van der Waals surface area contributed by atoms with Crippen LogP contribution < -0.4 is 14.8 Å². The van der Waals surface area contributed by atoms with Gasteiger partial charge in [0.2, 0.25) is 0 Å². The number of ether oxygens (including phenoxy) is 2. The Balaban J connectivity index is 1.82. The molecule has 20 heavy (non-hydrogen) atoms. The van der Waals surface area contributed by atoms with Crippen LogP contribution in [0.2, 0.25) is 5.02 Å². The van der Waals surface area contributed by atoms with Crippen molar-refractivity contribution in [1.82, 2.24) is 5.32 Å². The van der Waals surface area contributed by atoms with Crippen LogP contribution in [0.4, 0.5) is 0 Å². The lowest BCUT2D eigenvalue weighted by Crippen LogP contribution is -2.28. The summed E-state index contributed by atoms with van der Waals surface area (Å²) in [5.41, 5.74) is 1.26. The average molecular weight is 296 g/mol. The van der Waals surface area contributed by atoms with E-state index in [1.165, 1.54) is 31.2 Å². The highest BCUT2D eigenvalue weighted by Gasteiger charge is 2.24. The highest BCUT2D eigenvalue weighted by molar-refractivity contribution is 6.32. The molecule has 4 heteroatoms. The van der Waals surface area contributed by atoms with Crippen molar-refractivity contribution in [2.75, 3.05) is 26.8 Å². The van der Waals surface area contributed by atoms with Gasteiger partial charge in [-0.2, -0.15) is 0 Å². The Hall–Kier alpha value is -0.930. The first-order chi connectivity index (χ1) is 9.78. The Morgan fingerprint density at radius 1 is 1.30 bits per heavy atom. The van der Waals surface area contributed by atoms with Gasteiger partial charge >= 0.3 is 0 Å². The molecule has 1 N–H and O–H groups in total. The summed E-state index contributed by atoms with van der Waals surface area (Å²) in [6.45, 7) is 2.91. The highest BCUT2D eigenvalue weighted by atomic mass is 35.5. The number of piperidine rings is 1. The third kappa shape index (κ3) is 3.21. The van der Waals surface area contributed by atoms with E-state index in [-0.39, 0.29) is 0 Å². The van der Waals surface area contributed by atoms with Crippen molar-refractivity contribution < 1.29 is 9.47 Å². The maximum atomic E-state index is 6.36. The summed E-state index contributed by atoms with van der Waals surface area (Å²) in [6.07, 6.45) is 4.98. The molecule has 2 aliphatic rings. The SMILES string of the molecule is COc1c(Cl)cc(C2CCCNC2)cc1OCC1CC1. The van der Waals surface area contributed by atoms with E-state index in [0.717, 1.165) is 31.4 Å². The zero-order valence-corrected chi connectivity index (χ0v) is 12.7. The predicted octanol–water partition coefficient (Wildman–Crippen LogP) is 3.60. The van der Waals surface area contributed by atoms with Gasteiger partial charge in [0.25, 0.3) is 0 Å². The van der Waals surface area contributed by atoms with Crippen LogP contribution in [0.1, 0.15) is 37.2 Å². The number of hydrogen-bond donors (Lipinski definition) is 1. The molecule has 1 unspecified atom stereocenters. The van der Waals surface area contributed by atoms with Gasteiger partial charge in [0.05, 0.1) is 18.7 Å². The van der Waals surface area contributed by atoms with Gasteiger partial charge in [0, 0.05) is 6.54 Å². The number of nitrogens with one attached hydrogen (secondary N) is 1. The predicted molar refractivity (Wildman–Crippen MR) is 81.1 cm³/mol. The van der Waals surface area contributed by atoms with E-state index in [1.54, 1.807) is 7.11 Å². The van der Waals surface area contributed by atoms with E-state index >= 15 is 0 Å². The molecule has 0 aromatic heterocycles. The van der Waals surface area contributed by atoms with Gasteiger partial charge in [-0.15, -0.1) is 0 Å². The lowest BCUT2D eigenvalue weighted by atomic mass is 9.91. The second-order valence-electron chi connectivity index (χ2n) is 5.83. The molecule has 0 amide bonds. The fourth-order valence-electron chi connectivity index (χ4n) is 2.76. The van der Waals surface area contributed by atoms with Gasteiger partial charge in [-0.05, 0) is 61.8 Å². The minimum absolute atomic E-state index is 0.524. The van der Waals surface area contributed by atoms with E-state index in [4.69, 9.17) is 21.1 Å². The number of rotatable bonds is 5. The van der Waals surface area contributed by atoms with Crippen molar-refractivity contribution in [3.05, 3.63) is 22.7 Å². The van der Waals surface area contributed by atoms with Crippen LogP contribution in [0, 0.1) is 5.92 Å². The van der Waals surface area contributed by atoms with E-state index in [1.807, 2.05) is 6.07 Å². The Bertz CT molecular complexity index is 468. The normalized spacial score (nSPS) is 22.6. The molecule has 2 fully saturated rings. The quantitative estimate of drug-likeness (QED) is 0.900. The van der Waals surface area contributed by atoms with E-state index in [0.29, 0.717) is 16.7 Å². The van der Waals surface area contributed by atoms with Gasteiger partial charge < -0.3 is 14.8 Å². The monoisotopic (exact) mass is 295 g/mol. The molecular formula is C16H22ClNO2. The first-order valence-corrected chi connectivity index (χ1v) is 7.86. The molecule has 0 spiro atoms. The second-order valence-corrected chi connectivity index (χ2v) is 6.24. The lowest BCUT2D eigenvalue weighted by molar-refractivity contribution is 0.280. The fourth-order valence-corrected chi connectivity index (χ4v) is 3.05. The molecule has 0 bridgehead atoms. The molecule has 1 aliphatic carbocycles. The van der Waals surface area contributed by atoms with Crippen LogP contribution in [0.5, 0.6) is 11.5 Å². The third-order valence-electron chi connectivity index (χ3n) is 4.18. The van der Waals surface area contributed by atoms with Crippen molar-refractivity contribution >= 4 is 11.6 Å². The summed E-state index contributed by atoms with van der Waals surface area (Å²) in [5.74, 6) is 2.71. The van der Waals surface area contributed by atoms with Crippen LogP contribution in [0.25, 0.3) is 0 Å². The molecule has 1 aliphatic heterocycles. The van der Waals surface area contributed by atoms with Crippen LogP contribution in [-0.4, -0.2) is 26.8 Å². The largest absolute Gasteiger partial charge is 0.491 e. The number of methoxy groups -OCH3 is 1. The maximum Gasteiger partial charge on any atom is 0.179 e. The van der Waals surface area contributed by atoms with E-state index < -0.39 is 0 Å². The summed E-state index contributed by atoms with van der Waals surface area (Å²) < 4.78 is 11.3. The molecule has 110 valence electrons. The third-order valence-corrected chi connectivity index (χ3v) is 4.46. The van der Waals surface area contributed by atoms with Crippen molar-refractivity contribution in [1.29, 1.82) is 0 Å². The van der Waals surface area contributed by atoms with Gasteiger partial charge in [-0.1, -0.05) is 11.6 Å². The molecule has 1 saturated carbocycles. The molecule has 3 rings (SSSR count). The summed E-state index contributed by atoms with van der Waals surface area (Å²) in [4.78, 5) is 0. The molecule has 3 nitrogen and oxygen atoms in total. The van der Waals surface area contributed by atoms with Crippen molar-refractivity contribution in [2.45, 2.75) is 31.6 Å². The standard InChI is InChI=1S/C16H22ClNO2/c1-19-16-14(17)7-13(12-3-2-6-18-9-12)8-15(16)20-10-11-4-5-11/h7-8,11-12,18H,2-6,9-10H2,1H3. The van der Waals surface area contributed by atoms with E-state index in [2.05, 4.69) is 11.4 Å². The first-order valence-electron chi connectivity index (χ1n) is 7.49. The zero-order valence-electron chi connectivity index (χ0n) is 12.0. The second kappa shape index (κ2) is 6.23. The molecule has 1 aromatic rings. The molecule has 1 heterocycles. The Morgan fingerprint density at radius 2 is 2.15 bits per heavy atom. The molecular weight excluding hydrogens is 274 g/mol. The zero-order chi connectivity index (χ0) is 13.9. The summed E-state index contributed by atoms with van der Waals surface area (Å²) in [6, 6.07) is 4.15. The maximum absolute atomic E-state index is 6.36. The summed E-state index contributed by atoms with van der Waals surface area (Å²) in [5, 5.41) is 4.10. The molecule has 1 aromatic carbocycles. The number of benzene rings is 1. The van der Waals surface area contributed by atoms with Crippen LogP contribution in [-0.2, 0) is 0 Å². The molecule has 1 saturated heterocycles. The number of halogens is 1. The highest BCUT2D eigenvalue weighted by Crippen LogP contribution is 2.40. The topological polar surface area (TPSA) is 30.5 Å². The van der Waals surface area contributed by atoms with Crippen molar-refractivity contribution in [3.8, 4) is 11.5 Å². The number of hydrogen-bond acceptors (Lipinski definition) is 3. The lowest BCUT2D eigenvalue weighted by Gasteiger charge is -2.24. The Kier molecular flexibility index (Phi) is 4.37. The van der Waals surface area contributed by atoms with Crippen molar-refractivity contribution in [2.24, 2.45) is 5.92 Å². The Labute approximate surface area is 125 Å². The van der Waals surface area contributed by atoms with Gasteiger partial charge in [-0.25, -0.2) is 0 Å². The minimum atomic E-state index is 0.524. The van der Waals surface area contributed by atoms with Crippen LogP contribution >= 0.6 is 11.6 Å². The summed E-state index contributed by atoms with van der Waals surface area (Å²) >= 11 is 6.36. The van der Waals surface area contributed by atoms with Gasteiger partial charge in [0.15, 0.2) is 11.5 Å². The minimum Gasteiger partial charge on any atom is -0.491 e. The fraction of sp³-hybridized carbons (Fsp3) is 0.625. The molecule has 0 radical (unpaired) electrons.